The summed E-state index contributed by atoms with van der Waals surface area (Å²) in [5, 5.41) is 16.7. The first kappa shape index (κ1) is 12.0. The minimum atomic E-state index is -0.109. The van der Waals surface area contributed by atoms with Crippen LogP contribution in [0, 0.1) is 0 Å². The van der Waals surface area contributed by atoms with Gasteiger partial charge in [-0.15, -0.1) is 11.3 Å². The number of hydrogen-bond donors (Lipinski definition) is 3. The van der Waals surface area contributed by atoms with Crippen LogP contribution in [0.2, 0.25) is 0 Å². The van der Waals surface area contributed by atoms with Crippen molar-refractivity contribution < 1.29 is 5.21 Å². The lowest BCUT2D eigenvalue weighted by Gasteiger charge is -2.11. The maximum atomic E-state index is 8.49. The van der Waals surface area contributed by atoms with E-state index in [1.54, 1.807) is 11.3 Å². The first-order valence-electron chi connectivity index (χ1n) is 4.95. The average molecular weight is 227 g/mol. The minimum Gasteiger partial charge on any atom is -0.409 e. The first-order chi connectivity index (χ1) is 7.19. The van der Waals surface area contributed by atoms with E-state index in [0.29, 0.717) is 0 Å². The van der Waals surface area contributed by atoms with Gasteiger partial charge in [0.15, 0.2) is 5.84 Å². The third kappa shape index (κ3) is 3.21. The molecule has 0 saturated heterocycles. The lowest BCUT2D eigenvalue weighted by Crippen LogP contribution is -2.38. The standard InChI is InChI=1S/C10H17N3OS/c1-3-8-4-5-15-9(8)6-12-7(2)10(11)13-14/h4-5,7,12,14H,3,6H2,1-2H3,(H2,11,13). The highest BCUT2D eigenvalue weighted by atomic mass is 32.1. The summed E-state index contributed by atoms with van der Waals surface area (Å²) in [5.74, 6) is 0.213. The summed E-state index contributed by atoms with van der Waals surface area (Å²) >= 11 is 1.73. The number of oxime groups is 1. The summed E-state index contributed by atoms with van der Waals surface area (Å²) in [4.78, 5) is 1.31. The summed E-state index contributed by atoms with van der Waals surface area (Å²) in [6, 6.07) is 2.03. The normalized spacial score (nSPS) is 14.1. The van der Waals surface area contributed by atoms with Crippen LogP contribution in [0.3, 0.4) is 0 Å². The van der Waals surface area contributed by atoms with Gasteiger partial charge in [0, 0.05) is 11.4 Å². The van der Waals surface area contributed by atoms with Crippen LogP contribution in [0.5, 0.6) is 0 Å². The van der Waals surface area contributed by atoms with Crippen molar-refractivity contribution in [2.45, 2.75) is 32.9 Å². The first-order valence-corrected chi connectivity index (χ1v) is 5.83. The highest BCUT2D eigenvalue weighted by Gasteiger charge is 2.08. The smallest absolute Gasteiger partial charge is 0.156 e. The predicted molar refractivity (Wildman–Crippen MR) is 63.4 cm³/mol. The quantitative estimate of drug-likeness (QED) is 0.309. The van der Waals surface area contributed by atoms with Crippen molar-refractivity contribution in [3.8, 4) is 0 Å². The molecule has 1 heterocycles. The number of aryl methyl sites for hydroxylation is 1. The Bertz CT molecular complexity index is 335. The molecule has 1 atom stereocenters. The van der Waals surface area contributed by atoms with Crippen LogP contribution in [0.15, 0.2) is 16.6 Å². The van der Waals surface area contributed by atoms with Gasteiger partial charge in [0.2, 0.25) is 0 Å². The molecular formula is C10H17N3OS. The number of nitrogens with two attached hydrogens (primary N) is 1. The summed E-state index contributed by atoms with van der Waals surface area (Å²) in [5.41, 5.74) is 6.83. The van der Waals surface area contributed by atoms with Gasteiger partial charge in [0.05, 0.1) is 6.04 Å². The molecule has 0 aliphatic heterocycles. The molecule has 5 heteroatoms. The summed E-state index contributed by atoms with van der Waals surface area (Å²) in [6.07, 6.45) is 1.04. The third-order valence-corrected chi connectivity index (χ3v) is 3.31. The molecule has 0 aliphatic rings. The zero-order valence-corrected chi connectivity index (χ0v) is 9.84. The maximum Gasteiger partial charge on any atom is 0.156 e. The van der Waals surface area contributed by atoms with E-state index in [4.69, 9.17) is 10.9 Å². The summed E-state index contributed by atoms with van der Waals surface area (Å²) < 4.78 is 0. The van der Waals surface area contributed by atoms with Crippen molar-refractivity contribution in [2.75, 3.05) is 0 Å². The molecule has 84 valence electrons. The second kappa shape index (κ2) is 5.72. The van der Waals surface area contributed by atoms with Gasteiger partial charge >= 0.3 is 0 Å². The van der Waals surface area contributed by atoms with Crippen molar-refractivity contribution >= 4 is 17.2 Å². The van der Waals surface area contributed by atoms with Gasteiger partial charge in [-0.05, 0) is 30.4 Å². The van der Waals surface area contributed by atoms with Crippen LogP contribution in [0.4, 0.5) is 0 Å². The molecule has 0 bridgehead atoms. The zero-order valence-electron chi connectivity index (χ0n) is 9.03. The maximum absolute atomic E-state index is 8.49. The predicted octanol–water partition coefficient (Wildman–Crippen LogP) is 1.54. The lowest BCUT2D eigenvalue weighted by molar-refractivity contribution is 0.315. The molecule has 0 amide bonds. The topological polar surface area (TPSA) is 70.6 Å². The fourth-order valence-electron chi connectivity index (χ4n) is 1.27. The molecular weight excluding hydrogens is 210 g/mol. The molecule has 0 aromatic carbocycles. The Balaban J connectivity index is 2.50. The molecule has 0 radical (unpaired) electrons. The second-order valence-corrected chi connectivity index (χ2v) is 4.35. The Morgan fingerprint density at radius 1 is 1.73 bits per heavy atom. The lowest BCUT2D eigenvalue weighted by atomic mass is 10.2. The largest absolute Gasteiger partial charge is 0.409 e. The Morgan fingerprint density at radius 2 is 2.47 bits per heavy atom. The zero-order chi connectivity index (χ0) is 11.3. The van der Waals surface area contributed by atoms with Crippen LogP contribution in [-0.4, -0.2) is 17.1 Å². The van der Waals surface area contributed by atoms with E-state index in [1.165, 1.54) is 10.4 Å². The highest BCUT2D eigenvalue weighted by Crippen LogP contribution is 2.16. The molecule has 1 aromatic rings. The van der Waals surface area contributed by atoms with Gasteiger partial charge < -0.3 is 16.3 Å². The van der Waals surface area contributed by atoms with E-state index in [0.717, 1.165) is 13.0 Å². The Kier molecular flexibility index (Phi) is 4.58. The molecule has 0 fully saturated rings. The number of amidine groups is 1. The molecule has 4 nitrogen and oxygen atoms in total. The van der Waals surface area contributed by atoms with Gasteiger partial charge in [0.1, 0.15) is 0 Å². The molecule has 0 spiro atoms. The van der Waals surface area contributed by atoms with Crippen LogP contribution in [-0.2, 0) is 13.0 Å². The second-order valence-electron chi connectivity index (χ2n) is 3.35. The fourth-order valence-corrected chi connectivity index (χ4v) is 2.20. The van der Waals surface area contributed by atoms with Gasteiger partial charge in [-0.2, -0.15) is 0 Å². The van der Waals surface area contributed by atoms with E-state index in [9.17, 15) is 0 Å². The van der Waals surface area contributed by atoms with E-state index >= 15 is 0 Å². The number of rotatable bonds is 5. The monoisotopic (exact) mass is 227 g/mol. The minimum absolute atomic E-state index is 0.109. The van der Waals surface area contributed by atoms with Crippen molar-refractivity contribution in [2.24, 2.45) is 10.9 Å². The van der Waals surface area contributed by atoms with Gasteiger partial charge in [-0.1, -0.05) is 12.1 Å². The Morgan fingerprint density at radius 3 is 3.07 bits per heavy atom. The molecule has 0 aliphatic carbocycles. The molecule has 15 heavy (non-hydrogen) atoms. The summed E-state index contributed by atoms with van der Waals surface area (Å²) in [7, 11) is 0. The Hall–Kier alpha value is -1.07. The van der Waals surface area contributed by atoms with Gasteiger partial charge in [-0.3, -0.25) is 0 Å². The number of thiophene rings is 1. The molecule has 1 rings (SSSR count). The van der Waals surface area contributed by atoms with Gasteiger partial charge in [0.25, 0.3) is 0 Å². The number of hydrogen-bond acceptors (Lipinski definition) is 4. The van der Waals surface area contributed by atoms with Crippen LogP contribution < -0.4 is 11.1 Å². The van der Waals surface area contributed by atoms with E-state index in [-0.39, 0.29) is 11.9 Å². The highest BCUT2D eigenvalue weighted by molar-refractivity contribution is 7.10. The van der Waals surface area contributed by atoms with E-state index < -0.39 is 0 Å². The fraction of sp³-hybridized carbons (Fsp3) is 0.500. The van der Waals surface area contributed by atoms with Crippen LogP contribution in [0.1, 0.15) is 24.3 Å². The van der Waals surface area contributed by atoms with Crippen molar-refractivity contribution in [3.63, 3.8) is 0 Å². The van der Waals surface area contributed by atoms with Crippen LogP contribution in [0.25, 0.3) is 0 Å². The molecule has 4 N–H and O–H groups in total. The van der Waals surface area contributed by atoms with Crippen LogP contribution >= 0.6 is 11.3 Å². The van der Waals surface area contributed by atoms with E-state index in [2.05, 4.69) is 28.8 Å². The Labute approximate surface area is 93.8 Å². The van der Waals surface area contributed by atoms with E-state index in [1.807, 2.05) is 6.92 Å². The van der Waals surface area contributed by atoms with Crippen molar-refractivity contribution in [1.82, 2.24) is 5.32 Å². The SMILES string of the molecule is CCc1ccsc1CNC(C)C(N)=NO. The van der Waals surface area contributed by atoms with Crippen molar-refractivity contribution in [1.29, 1.82) is 0 Å². The molecule has 1 unspecified atom stereocenters. The number of nitrogens with one attached hydrogen (secondary N) is 1. The van der Waals surface area contributed by atoms with Gasteiger partial charge in [-0.25, -0.2) is 0 Å². The molecule has 0 saturated carbocycles. The third-order valence-electron chi connectivity index (χ3n) is 2.35. The summed E-state index contributed by atoms with van der Waals surface area (Å²) in [6.45, 7) is 4.77. The van der Waals surface area contributed by atoms with Crippen molar-refractivity contribution in [3.05, 3.63) is 21.9 Å². The number of nitrogens with zero attached hydrogens (tertiary/aromatic N) is 1. The molecule has 1 aromatic heterocycles. The average Bonchev–Trinajstić information content (AvgIpc) is 2.71.